The molecule has 0 bridgehead atoms. The number of imidazole rings is 1. The van der Waals surface area contributed by atoms with Gasteiger partial charge in [-0.25, -0.2) is 17.5 Å². The molecule has 0 aliphatic carbocycles. The summed E-state index contributed by atoms with van der Waals surface area (Å²) in [6, 6.07) is 10.1. The molecule has 1 amide bonds. The molecule has 4 rings (SSSR count). The van der Waals surface area contributed by atoms with E-state index in [1.165, 1.54) is 13.4 Å². The monoisotopic (exact) mass is 510 g/mol. The maximum absolute atomic E-state index is 13.0. The second-order valence-electron chi connectivity index (χ2n) is 8.25. The van der Waals surface area contributed by atoms with Crippen LogP contribution >= 0.6 is 23.2 Å². The molecular formula is C22H24Cl2N4O4S. The molecule has 1 fully saturated rings. The summed E-state index contributed by atoms with van der Waals surface area (Å²) in [6.07, 6.45) is 1.15. The number of aromatic nitrogens is 2. The van der Waals surface area contributed by atoms with Gasteiger partial charge in [0.05, 0.1) is 22.7 Å². The van der Waals surface area contributed by atoms with Gasteiger partial charge in [-0.3, -0.25) is 13.9 Å². The van der Waals surface area contributed by atoms with Crippen LogP contribution in [0, 0.1) is 5.92 Å². The maximum Gasteiger partial charge on any atom is 0.328 e. The number of hydrogen-bond donors (Lipinski definition) is 1. The first kappa shape index (κ1) is 23.8. The van der Waals surface area contributed by atoms with Crippen LogP contribution in [0.25, 0.3) is 11.0 Å². The fraction of sp³-hybridized carbons (Fsp3) is 0.364. The van der Waals surface area contributed by atoms with Crippen molar-refractivity contribution in [1.82, 2.24) is 13.4 Å². The lowest BCUT2D eigenvalue weighted by atomic mass is 9.98. The third kappa shape index (κ3) is 4.68. The van der Waals surface area contributed by atoms with Crippen molar-refractivity contribution in [2.45, 2.75) is 18.6 Å². The first-order chi connectivity index (χ1) is 15.6. The summed E-state index contributed by atoms with van der Waals surface area (Å²) in [7, 11) is -0.351. The molecule has 0 spiro atoms. The number of rotatable bonds is 5. The molecule has 1 atom stereocenters. The Morgan fingerprint density at radius 1 is 1.09 bits per heavy atom. The number of fused-ring (bicyclic) bond motifs is 1. The van der Waals surface area contributed by atoms with Gasteiger partial charge < -0.3 is 5.32 Å². The molecular weight excluding hydrogens is 487 g/mol. The van der Waals surface area contributed by atoms with Crippen molar-refractivity contribution in [3.05, 3.63) is 62.5 Å². The summed E-state index contributed by atoms with van der Waals surface area (Å²) in [6.45, 7) is 0.425. The third-order valence-corrected chi connectivity index (χ3v) is 8.56. The first-order valence-corrected chi connectivity index (χ1v) is 12.8. The minimum absolute atomic E-state index is 0.0856. The van der Waals surface area contributed by atoms with Crippen LogP contribution in [-0.2, 0) is 34.7 Å². The zero-order chi connectivity index (χ0) is 23.9. The Labute approximate surface area is 201 Å². The zero-order valence-electron chi connectivity index (χ0n) is 18.2. The van der Waals surface area contributed by atoms with Gasteiger partial charge in [-0.1, -0.05) is 29.3 Å². The van der Waals surface area contributed by atoms with Gasteiger partial charge in [0.15, 0.2) is 0 Å². The fourth-order valence-corrected chi connectivity index (χ4v) is 6.54. The van der Waals surface area contributed by atoms with Gasteiger partial charge in [0.1, 0.15) is 0 Å². The molecule has 8 nitrogen and oxygen atoms in total. The Balaban J connectivity index is 1.49. The van der Waals surface area contributed by atoms with Crippen molar-refractivity contribution >= 4 is 55.9 Å². The van der Waals surface area contributed by atoms with Gasteiger partial charge in [-0.2, -0.15) is 0 Å². The van der Waals surface area contributed by atoms with E-state index in [2.05, 4.69) is 5.32 Å². The Morgan fingerprint density at radius 3 is 2.45 bits per heavy atom. The number of piperidine rings is 1. The highest BCUT2D eigenvalue weighted by Crippen LogP contribution is 2.29. The van der Waals surface area contributed by atoms with Crippen molar-refractivity contribution < 1.29 is 13.2 Å². The van der Waals surface area contributed by atoms with E-state index in [1.54, 1.807) is 50.5 Å². The molecule has 0 radical (unpaired) electrons. The number of carbonyl (C=O) groups excluding carboxylic acids is 1. The average Bonchev–Trinajstić information content (AvgIpc) is 3.00. The predicted octanol–water partition coefficient (Wildman–Crippen LogP) is 3.36. The Morgan fingerprint density at radius 2 is 1.76 bits per heavy atom. The Hall–Kier alpha value is -2.33. The molecule has 1 aliphatic heterocycles. The molecule has 1 N–H and O–H groups in total. The molecule has 0 saturated carbocycles. The fourth-order valence-electron chi connectivity index (χ4n) is 4.18. The van der Waals surface area contributed by atoms with E-state index in [-0.39, 0.29) is 23.9 Å². The number of sulfonamides is 1. The number of benzene rings is 2. The van der Waals surface area contributed by atoms with E-state index in [4.69, 9.17) is 23.2 Å². The minimum atomic E-state index is -3.71. The quantitative estimate of drug-likeness (QED) is 0.569. The standard InChI is InChI=1S/C22H24Cl2N4O4S/c1-26-19-9-8-15(11-20(19)27(2)22(26)30)25-21(29)14-5-4-10-28(12-14)33(31,32)13-16-17(23)6-3-7-18(16)24/h3,6-9,11,14H,4-5,10,12-13H2,1-2H3,(H,25,29)/t14-/m0/s1. The van der Waals surface area contributed by atoms with Crippen LogP contribution in [0.1, 0.15) is 18.4 Å². The van der Waals surface area contributed by atoms with Crippen molar-refractivity contribution in [3.63, 3.8) is 0 Å². The maximum atomic E-state index is 13.0. The van der Waals surface area contributed by atoms with E-state index in [1.807, 2.05) is 0 Å². The number of anilines is 1. The van der Waals surface area contributed by atoms with Crippen LogP contribution in [0.15, 0.2) is 41.2 Å². The molecule has 1 saturated heterocycles. The van der Waals surface area contributed by atoms with Crippen molar-refractivity contribution in [1.29, 1.82) is 0 Å². The van der Waals surface area contributed by atoms with E-state index >= 15 is 0 Å². The topological polar surface area (TPSA) is 93.4 Å². The Bertz CT molecular complexity index is 1380. The van der Waals surface area contributed by atoms with Gasteiger partial charge in [0.2, 0.25) is 15.9 Å². The number of halogens is 2. The molecule has 33 heavy (non-hydrogen) atoms. The Kier molecular flexibility index (Phi) is 6.59. The number of nitrogens with zero attached hydrogens (tertiary/aromatic N) is 3. The zero-order valence-corrected chi connectivity index (χ0v) is 20.5. The lowest BCUT2D eigenvalue weighted by Crippen LogP contribution is -2.44. The highest BCUT2D eigenvalue weighted by Gasteiger charge is 2.33. The van der Waals surface area contributed by atoms with Gasteiger partial charge in [0.25, 0.3) is 0 Å². The van der Waals surface area contributed by atoms with Gasteiger partial charge in [0, 0.05) is 48.5 Å². The average molecular weight is 511 g/mol. The smallest absolute Gasteiger partial charge is 0.326 e. The molecule has 3 aromatic rings. The summed E-state index contributed by atoms with van der Waals surface area (Å²) >= 11 is 12.3. The normalized spacial score (nSPS) is 17.4. The van der Waals surface area contributed by atoms with Crippen LogP contribution in [0.4, 0.5) is 5.69 Å². The van der Waals surface area contributed by atoms with Crippen molar-refractivity contribution in [2.24, 2.45) is 20.0 Å². The molecule has 1 aliphatic rings. The molecule has 176 valence electrons. The second kappa shape index (κ2) is 9.13. The third-order valence-electron chi connectivity index (χ3n) is 6.08. The largest absolute Gasteiger partial charge is 0.328 e. The van der Waals surface area contributed by atoms with Crippen LogP contribution in [0.5, 0.6) is 0 Å². The highest BCUT2D eigenvalue weighted by atomic mass is 35.5. The molecule has 2 aromatic carbocycles. The van der Waals surface area contributed by atoms with E-state index < -0.39 is 15.9 Å². The summed E-state index contributed by atoms with van der Waals surface area (Å²) in [5.41, 5.74) is 2.21. The predicted molar refractivity (Wildman–Crippen MR) is 130 cm³/mol. The number of nitrogens with one attached hydrogen (secondary N) is 1. The van der Waals surface area contributed by atoms with Gasteiger partial charge in [-0.15, -0.1) is 0 Å². The number of carbonyl (C=O) groups is 1. The molecule has 2 heterocycles. The van der Waals surface area contributed by atoms with Crippen molar-refractivity contribution in [2.75, 3.05) is 18.4 Å². The summed E-state index contributed by atoms with van der Waals surface area (Å²) in [5, 5.41) is 3.46. The van der Waals surface area contributed by atoms with E-state index in [0.717, 1.165) is 5.52 Å². The van der Waals surface area contributed by atoms with Crippen LogP contribution in [-0.4, -0.2) is 40.9 Å². The lowest BCUT2D eigenvalue weighted by molar-refractivity contribution is -0.120. The highest BCUT2D eigenvalue weighted by molar-refractivity contribution is 7.88. The lowest BCUT2D eigenvalue weighted by Gasteiger charge is -2.31. The van der Waals surface area contributed by atoms with Crippen molar-refractivity contribution in [3.8, 4) is 0 Å². The SMILES string of the molecule is Cn1c(=O)n(C)c2cc(NC(=O)[C@H]3CCCN(S(=O)(=O)Cc4c(Cl)cccc4Cl)C3)ccc21. The van der Waals surface area contributed by atoms with Crippen LogP contribution in [0.2, 0.25) is 10.0 Å². The van der Waals surface area contributed by atoms with Crippen LogP contribution < -0.4 is 11.0 Å². The first-order valence-electron chi connectivity index (χ1n) is 10.5. The van der Waals surface area contributed by atoms with Gasteiger partial charge >= 0.3 is 5.69 Å². The number of hydrogen-bond acceptors (Lipinski definition) is 4. The minimum Gasteiger partial charge on any atom is -0.326 e. The summed E-state index contributed by atoms with van der Waals surface area (Å²) in [5.74, 6) is -1.07. The summed E-state index contributed by atoms with van der Waals surface area (Å²) in [4.78, 5) is 25.1. The molecule has 0 unspecified atom stereocenters. The van der Waals surface area contributed by atoms with Gasteiger partial charge in [-0.05, 0) is 43.2 Å². The summed E-state index contributed by atoms with van der Waals surface area (Å²) < 4.78 is 30.5. The van der Waals surface area contributed by atoms with E-state index in [9.17, 15) is 18.0 Å². The van der Waals surface area contributed by atoms with E-state index in [0.29, 0.717) is 46.2 Å². The molecule has 11 heteroatoms. The second-order valence-corrected chi connectivity index (χ2v) is 11.0. The number of aryl methyl sites for hydroxylation is 2. The number of amides is 1. The van der Waals surface area contributed by atoms with Crippen LogP contribution in [0.3, 0.4) is 0 Å². The molecule has 1 aromatic heterocycles.